The van der Waals surface area contributed by atoms with E-state index in [4.69, 9.17) is 4.74 Å². The molecule has 1 aliphatic heterocycles. The second-order valence-corrected chi connectivity index (χ2v) is 7.76. The number of hydrogen-bond acceptors (Lipinski definition) is 5. The molecule has 2 fully saturated rings. The number of hydrogen-bond donors (Lipinski definition) is 0. The quantitative estimate of drug-likeness (QED) is 0.683. The maximum Gasteiger partial charge on any atom is 0.266 e. The zero-order valence-corrected chi connectivity index (χ0v) is 16.0. The van der Waals surface area contributed by atoms with Crippen molar-refractivity contribution in [2.24, 2.45) is 0 Å². The molecule has 6 nitrogen and oxygen atoms in total. The van der Waals surface area contributed by atoms with Gasteiger partial charge < -0.3 is 9.64 Å². The second kappa shape index (κ2) is 6.93. The molecule has 1 aliphatic carbocycles. The van der Waals surface area contributed by atoms with Crippen LogP contribution in [0.1, 0.15) is 37.3 Å². The number of benzene rings is 1. The molecular weight excluding hydrogens is 352 g/mol. The Labute approximate surface area is 163 Å². The first kappa shape index (κ1) is 17.2. The average Bonchev–Trinajstić information content (AvgIpc) is 3.48. The minimum atomic E-state index is -0.0162. The monoisotopic (exact) mass is 376 g/mol. The summed E-state index contributed by atoms with van der Waals surface area (Å²) in [6.45, 7) is 1.59. The standard InChI is InChI=1S/C22H24N4O2/c1-28-17-6-7-20-18(13-17)21(10-11-23-20)25-12-2-3-16(25)14-26-22(27)9-8-19(24-26)15-4-5-15/h6-11,13,15-16H,2-5,12,14H2,1H3. The van der Waals surface area contributed by atoms with Crippen LogP contribution >= 0.6 is 0 Å². The molecule has 0 N–H and O–H groups in total. The smallest absolute Gasteiger partial charge is 0.266 e. The first-order valence-electron chi connectivity index (χ1n) is 10.0. The van der Waals surface area contributed by atoms with Gasteiger partial charge in [-0.05, 0) is 56.0 Å². The van der Waals surface area contributed by atoms with Crippen LogP contribution < -0.4 is 15.2 Å². The van der Waals surface area contributed by atoms with Crippen molar-refractivity contribution in [2.45, 2.75) is 44.2 Å². The van der Waals surface area contributed by atoms with Crippen molar-refractivity contribution in [1.82, 2.24) is 14.8 Å². The molecule has 1 saturated carbocycles. The SMILES string of the molecule is COc1ccc2nccc(N3CCCC3Cn3nc(C4CC4)ccc3=O)c2c1. The van der Waals surface area contributed by atoms with Gasteiger partial charge in [0.2, 0.25) is 0 Å². The van der Waals surface area contributed by atoms with Gasteiger partial charge >= 0.3 is 0 Å². The minimum Gasteiger partial charge on any atom is -0.497 e. The average molecular weight is 376 g/mol. The molecule has 2 aromatic heterocycles. The fourth-order valence-corrected chi connectivity index (χ4v) is 4.22. The minimum absolute atomic E-state index is 0.0162. The lowest BCUT2D eigenvalue weighted by atomic mass is 10.1. The largest absolute Gasteiger partial charge is 0.497 e. The van der Waals surface area contributed by atoms with Crippen molar-refractivity contribution >= 4 is 16.6 Å². The zero-order valence-electron chi connectivity index (χ0n) is 16.0. The van der Waals surface area contributed by atoms with E-state index in [1.54, 1.807) is 17.9 Å². The molecule has 1 aromatic carbocycles. The third-order valence-electron chi connectivity index (χ3n) is 5.88. The molecule has 0 bridgehead atoms. The first-order valence-corrected chi connectivity index (χ1v) is 10.0. The van der Waals surface area contributed by atoms with Crippen LogP contribution in [0.15, 0.2) is 47.4 Å². The van der Waals surface area contributed by atoms with Crippen LogP contribution in [0.4, 0.5) is 5.69 Å². The summed E-state index contributed by atoms with van der Waals surface area (Å²) < 4.78 is 7.09. The van der Waals surface area contributed by atoms with Gasteiger partial charge in [0, 0.05) is 41.8 Å². The number of nitrogens with zero attached hydrogens (tertiary/aromatic N) is 4. The third-order valence-corrected chi connectivity index (χ3v) is 5.88. The predicted octanol–water partition coefficient (Wildman–Crippen LogP) is 3.35. The summed E-state index contributed by atoms with van der Waals surface area (Å²) in [5.74, 6) is 1.37. The number of aromatic nitrogens is 3. The molecule has 2 aliphatic rings. The zero-order chi connectivity index (χ0) is 19.1. The Balaban J connectivity index is 1.49. The summed E-state index contributed by atoms with van der Waals surface area (Å²) in [6.07, 6.45) is 6.39. The summed E-state index contributed by atoms with van der Waals surface area (Å²) in [5.41, 5.74) is 3.15. The van der Waals surface area contributed by atoms with Crippen LogP contribution in [0.3, 0.4) is 0 Å². The van der Waals surface area contributed by atoms with Gasteiger partial charge in [0.15, 0.2) is 0 Å². The Hall–Kier alpha value is -2.89. The highest BCUT2D eigenvalue weighted by Crippen LogP contribution is 2.38. The highest BCUT2D eigenvalue weighted by molar-refractivity contribution is 5.92. The third kappa shape index (κ3) is 3.13. The van der Waals surface area contributed by atoms with Crippen LogP contribution in [-0.2, 0) is 6.54 Å². The first-order chi connectivity index (χ1) is 13.7. The summed E-state index contributed by atoms with van der Waals surface area (Å²) in [7, 11) is 1.68. The Morgan fingerprint density at radius 3 is 2.86 bits per heavy atom. The Kier molecular flexibility index (Phi) is 4.26. The molecule has 1 unspecified atom stereocenters. The Bertz CT molecular complexity index is 1070. The maximum atomic E-state index is 12.4. The number of pyridine rings is 1. The Morgan fingerprint density at radius 2 is 2.04 bits per heavy atom. The van der Waals surface area contributed by atoms with Crippen molar-refractivity contribution in [3.8, 4) is 5.75 Å². The highest BCUT2D eigenvalue weighted by Gasteiger charge is 2.29. The van der Waals surface area contributed by atoms with Gasteiger partial charge in [-0.15, -0.1) is 0 Å². The molecule has 3 heterocycles. The lowest BCUT2D eigenvalue weighted by Gasteiger charge is -2.28. The van der Waals surface area contributed by atoms with Gasteiger partial charge in [-0.2, -0.15) is 5.10 Å². The van der Waals surface area contributed by atoms with Crippen LogP contribution in [0.5, 0.6) is 5.75 Å². The van der Waals surface area contributed by atoms with Crippen molar-refractivity contribution < 1.29 is 4.74 Å². The van der Waals surface area contributed by atoms with Gasteiger partial charge in [-0.3, -0.25) is 9.78 Å². The summed E-state index contributed by atoms with van der Waals surface area (Å²) >= 11 is 0. The molecule has 5 rings (SSSR count). The van der Waals surface area contributed by atoms with E-state index < -0.39 is 0 Å². The molecule has 1 atom stereocenters. The number of rotatable bonds is 5. The molecule has 28 heavy (non-hydrogen) atoms. The normalized spacial score (nSPS) is 19.3. The fourth-order valence-electron chi connectivity index (χ4n) is 4.22. The van der Waals surface area contributed by atoms with Gasteiger partial charge in [0.1, 0.15) is 5.75 Å². The maximum absolute atomic E-state index is 12.4. The van der Waals surface area contributed by atoms with Gasteiger partial charge in [0.05, 0.1) is 24.9 Å². The van der Waals surface area contributed by atoms with Crippen LogP contribution in [0, 0.1) is 0 Å². The van der Waals surface area contributed by atoms with Gasteiger partial charge in [-0.1, -0.05) is 0 Å². The molecule has 0 radical (unpaired) electrons. The second-order valence-electron chi connectivity index (χ2n) is 7.76. The van der Waals surface area contributed by atoms with E-state index in [0.29, 0.717) is 12.5 Å². The molecule has 6 heteroatoms. The lowest BCUT2D eigenvalue weighted by molar-refractivity contribution is 0.415. The van der Waals surface area contributed by atoms with Crippen molar-refractivity contribution in [1.29, 1.82) is 0 Å². The molecule has 0 amide bonds. The van der Waals surface area contributed by atoms with Crippen molar-refractivity contribution in [2.75, 3.05) is 18.6 Å². The topological polar surface area (TPSA) is 60.2 Å². The van der Waals surface area contributed by atoms with E-state index in [0.717, 1.165) is 47.4 Å². The molecule has 144 valence electrons. The number of methoxy groups -OCH3 is 1. The fraction of sp³-hybridized carbons (Fsp3) is 0.409. The summed E-state index contributed by atoms with van der Waals surface area (Å²) in [4.78, 5) is 19.3. The summed E-state index contributed by atoms with van der Waals surface area (Å²) in [5, 5.41) is 5.74. The number of ether oxygens (including phenoxy) is 1. The van der Waals surface area contributed by atoms with Crippen LogP contribution in [0.2, 0.25) is 0 Å². The van der Waals surface area contributed by atoms with Crippen LogP contribution in [-0.4, -0.2) is 34.5 Å². The van der Waals surface area contributed by atoms with Crippen molar-refractivity contribution in [3.05, 3.63) is 58.6 Å². The Morgan fingerprint density at radius 1 is 1.14 bits per heavy atom. The molecule has 1 saturated heterocycles. The van der Waals surface area contributed by atoms with E-state index in [2.05, 4.69) is 21.0 Å². The lowest BCUT2D eigenvalue weighted by Crippen LogP contribution is -2.37. The van der Waals surface area contributed by atoms with Gasteiger partial charge in [-0.25, -0.2) is 4.68 Å². The summed E-state index contributed by atoms with van der Waals surface area (Å²) in [6, 6.07) is 11.9. The van der Waals surface area contributed by atoms with E-state index in [1.807, 2.05) is 30.5 Å². The van der Waals surface area contributed by atoms with Crippen molar-refractivity contribution in [3.63, 3.8) is 0 Å². The van der Waals surface area contributed by atoms with E-state index >= 15 is 0 Å². The van der Waals surface area contributed by atoms with Crippen LogP contribution in [0.25, 0.3) is 10.9 Å². The van der Waals surface area contributed by atoms with E-state index in [1.165, 1.54) is 12.8 Å². The molecular formula is C22H24N4O2. The molecule has 0 spiro atoms. The van der Waals surface area contributed by atoms with E-state index in [9.17, 15) is 4.79 Å². The van der Waals surface area contributed by atoms with E-state index in [-0.39, 0.29) is 11.6 Å². The number of fused-ring (bicyclic) bond motifs is 1. The molecule has 3 aromatic rings. The predicted molar refractivity (Wildman–Crippen MR) is 109 cm³/mol. The number of anilines is 1. The highest BCUT2D eigenvalue weighted by atomic mass is 16.5. The van der Waals surface area contributed by atoms with Gasteiger partial charge in [0.25, 0.3) is 5.56 Å².